The lowest BCUT2D eigenvalue weighted by molar-refractivity contribution is -0.189. The van der Waals surface area contributed by atoms with Crippen LogP contribution in [0, 0.1) is 5.92 Å². The predicted molar refractivity (Wildman–Crippen MR) is 89.2 cm³/mol. The van der Waals surface area contributed by atoms with Gasteiger partial charge in [0.25, 0.3) is 0 Å². The van der Waals surface area contributed by atoms with Crippen molar-refractivity contribution in [3.63, 3.8) is 0 Å². The van der Waals surface area contributed by atoms with Crippen LogP contribution in [-0.2, 0) is 9.47 Å². The Bertz CT molecular complexity index is 444. The van der Waals surface area contributed by atoms with E-state index in [9.17, 15) is 4.79 Å². The van der Waals surface area contributed by atoms with Crippen LogP contribution < -0.4 is 5.32 Å². The number of likely N-dealkylation sites (tertiary alicyclic amines) is 1. The number of carbonyl (C=O) groups excluding carboxylic acids is 1. The molecule has 0 aromatic carbocycles. The Hall–Kier alpha value is -1.07. The van der Waals surface area contributed by atoms with Crippen molar-refractivity contribution in [1.82, 2.24) is 10.2 Å². The molecule has 130 valence electrons. The van der Waals surface area contributed by atoms with Crippen molar-refractivity contribution in [3.05, 3.63) is 11.6 Å². The summed E-state index contributed by atoms with van der Waals surface area (Å²) in [5, 5.41) is 3.09. The lowest BCUT2D eigenvalue weighted by Crippen LogP contribution is -2.51. The number of ether oxygens (including phenoxy) is 2. The molecule has 0 radical (unpaired) electrons. The molecule has 2 fully saturated rings. The summed E-state index contributed by atoms with van der Waals surface area (Å²) < 4.78 is 11.6. The molecule has 5 nitrogen and oxygen atoms in total. The average molecular weight is 322 g/mol. The van der Waals surface area contributed by atoms with Gasteiger partial charge in [0.2, 0.25) is 0 Å². The Kier molecular flexibility index (Phi) is 5.59. The molecule has 0 aromatic heterocycles. The first kappa shape index (κ1) is 16.8. The fourth-order valence-electron chi connectivity index (χ4n) is 3.93. The molecular weight excluding hydrogens is 292 g/mol. The summed E-state index contributed by atoms with van der Waals surface area (Å²) in [6.07, 6.45) is 10.4. The van der Waals surface area contributed by atoms with Gasteiger partial charge in [0.1, 0.15) is 0 Å². The minimum atomic E-state index is -0.508. The van der Waals surface area contributed by atoms with Gasteiger partial charge in [-0.3, -0.25) is 0 Å². The highest BCUT2D eigenvalue weighted by molar-refractivity contribution is 5.74. The Labute approximate surface area is 139 Å². The van der Waals surface area contributed by atoms with E-state index in [1.54, 1.807) is 0 Å². The topological polar surface area (TPSA) is 50.8 Å². The zero-order chi connectivity index (χ0) is 16.1. The van der Waals surface area contributed by atoms with Gasteiger partial charge in [-0.2, -0.15) is 0 Å². The van der Waals surface area contributed by atoms with Crippen LogP contribution in [0.25, 0.3) is 0 Å². The molecule has 1 aliphatic carbocycles. The van der Waals surface area contributed by atoms with E-state index in [4.69, 9.17) is 9.47 Å². The Morgan fingerprint density at radius 1 is 1.35 bits per heavy atom. The van der Waals surface area contributed by atoms with E-state index in [-0.39, 0.29) is 11.9 Å². The Balaban J connectivity index is 1.44. The number of urea groups is 1. The van der Waals surface area contributed by atoms with E-state index in [1.165, 1.54) is 31.3 Å². The van der Waals surface area contributed by atoms with Crippen molar-refractivity contribution in [1.29, 1.82) is 0 Å². The standard InChI is InChI=1S/C18H30N2O3/c1-18(22-12-13-23-18)16-8-5-11-20(14-16)17(21)19-10-9-15-6-3-2-4-7-15/h6,16H,2-5,7-14H2,1H3,(H,19,21). The van der Waals surface area contributed by atoms with Crippen molar-refractivity contribution in [2.24, 2.45) is 5.92 Å². The Morgan fingerprint density at radius 2 is 2.17 bits per heavy atom. The summed E-state index contributed by atoms with van der Waals surface area (Å²) in [6, 6.07) is 0.0627. The number of nitrogens with one attached hydrogen (secondary N) is 1. The van der Waals surface area contributed by atoms with Gasteiger partial charge in [-0.1, -0.05) is 11.6 Å². The summed E-state index contributed by atoms with van der Waals surface area (Å²) in [4.78, 5) is 14.3. The molecule has 23 heavy (non-hydrogen) atoms. The maximum absolute atomic E-state index is 12.4. The highest BCUT2D eigenvalue weighted by Crippen LogP contribution is 2.34. The van der Waals surface area contributed by atoms with Crippen molar-refractivity contribution in [2.75, 3.05) is 32.8 Å². The summed E-state index contributed by atoms with van der Waals surface area (Å²) in [5.41, 5.74) is 1.51. The van der Waals surface area contributed by atoms with Crippen LogP contribution >= 0.6 is 0 Å². The molecule has 0 saturated carbocycles. The van der Waals surface area contributed by atoms with E-state index in [2.05, 4.69) is 11.4 Å². The van der Waals surface area contributed by atoms with Gasteiger partial charge in [0.05, 0.1) is 13.2 Å². The molecule has 5 heteroatoms. The molecule has 1 atom stereocenters. The number of hydrogen-bond acceptors (Lipinski definition) is 3. The molecule has 3 rings (SSSR count). The summed E-state index contributed by atoms with van der Waals surface area (Å²) in [5.74, 6) is -0.239. The fourth-order valence-corrected chi connectivity index (χ4v) is 3.93. The molecule has 2 aliphatic heterocycles. The molecule has 3 aliphatic rings. The summed E-state index contributed by atoms with van der Waals surface area (Å²) >= 11 is 0. The van der Waals surface area contributed by atoms with Crippen LogP contribution in [0.5, 0.6) is 0 Å². The average Bonchev–Trinajstić information content (AvgIpc) is 3.04. The monoisotopic (exact) mass is 322 g/mol. The van der Waals surface area contributed by atoms with Gasteiger partial charge in [-0.25, -0.2) is 4.79 Å². The van der Waals surface area contributed by atoms with E-state index in [0.717, 1.165) is 38.9 Å². The zero-order valence-electron chi connectivity index (χ0n) is 14.3. The van der Waals surface area contributed by atoms with Crippen LogP contribution in [-0.4, -0.2) is 49.6 Å². The van der Waals surface area contributed by atoms with Gasteiger partial charge in [-0.05, 0) is 51.9 Å². The highest BCUT2D eigenvalue weighted by atomic mass is 16.7. The van der Waals surface area contributed by atoms with Gasteiger partial charge in [-0.15, -0.1) is 0 Å². The smallest absolute Gasteiger partial charge is 0.317 e. The SMILES string of the molecule is CC1(C2CCCN(C(=O)NCCC3=CCCCC3)C2)OCCO1. The number of piperidine rings is 1. The number of carbonyl (C=O) groups is 1. The third kappa shape index (κ3) is 4.27. The van der Waals surface area contributed by atoms with Crippen LogP contribution in [0.15, 0.2) is 11.6 Å². The van der Waals surface area contributed by atoms with Crippen LogP contribution in [0.3, 0.4) is 0 Å². The molecule has 2 heterocycles. The molecule has 0 aromatic rings. The van der Waals surface area contributed by atoms with Crippen molar-refractivity contribution < 1.29 is 14.3 Å². The maximum Gasteiger partial charge on any atom is 0.317 e. The third-order valence-corrected chi connectivity index (χ3v) is 5.42. The fraction of sp³-hybridized carbons (Fsp3) is 0.833. The van der Waals surface area contributed by atoms with Crippen molar-refractivity contribution in [2.45, 2.75) is 57.7 Å². The lowest BCUT2D eigenvalue weighted by atomic mass is 9.90. The Morgan fingerprint density at radius 3 is 2.91 bits per heavy atom. The molecule has 0 spiro atoms. The van der Waals surface area contributed by atoms with Crippen molar-refractivity contribution >= 4 is 6.03 Å². The van der Waals surface area contributed by atoms with Gasteiger partial charge in [0.15, 0.2) is 5.79 Å². The van der Waals surface area contributed by atoms with Gasteiger partial charge < -0.3 is 19.7 Å². The van der Waals surface area contributed by atoms with Crippen LogP contribution in [0.2, 0.25) is 0 Å². The number of nitrogens with zero attached hydrogens (tertiary/aromatic N) is 1. The first-order chi connectivity index (χ1) is 11.2. The molecule has 2 saturated heterocycles. The summed E-state index contributed by atoms with van der Waals surface area (Å²) in [7, 11) is 0. The highest BCUT2D eigenvalue weighted by Gasteiger charge is 2.42. The number of hydrogen-bond donors (Lipinski definition) is 1. The maximum atomic E-state index is 12.4. The lowest BCUT2D eigenvalue weighted by Gasteiger charge is -2.39. The van der Waals surface area contributed by atoms with E-state index in [1.807, 2.05) is 11.8 Å². The number of rotatable bonds is 4. The van der Waals surface area contributed by atoms with E-state index < -0.39 is 5.79 Å². The minimum Gasteiger partial charge on any atom is -0.347 e. The molecule has 1 N–H and O–H groups in total. The first-order valence-corrected chi connectivity index (χ1v) is 9.16. The van der Waals surface area contributed by atoms with Crippen LogP contribution in [0.1, 0.15) is 51.9 Å². The normalized spacial score (nSPS) is 27.6. The van der Waals surface area contributed by atoms with E-state index in [0.29, 0.717) is 13.2 Å². The second-order valence-corrected chi connectivity index (χ2v) is 7.09. The van der Waals surface area contributed by atoms with Crippen LogP contribution in [0.4, 0.5) is 4.79 Å². The zero-order valence-corrected chi connectivity index (χ0v) is 14.3. The number of amides is 2. The molecule has 0 bridgehead atoms. The van der Waals surface area contributed by atoms with E-state index >= 15 is 0 Å². The quantitative estimate of drug-likeness (QED) is 0.809. The number of allylic oxidation sites excluding steroid dienone is 1. The molecular formula is C18H30N2O3. The second kappa shape index (κ2) is 7.67. The van der Waals surface area contributed by atoms with Gasteiger partial charge >= 0.3 is 6.03 Å². The molecule has 2 amide bonds. The second-order valence-electron chi connectivity index (χ2n) is 7.09. The largest absolute Gasteiger partial charge is 0.347 e. The minimum absolute atomic E-state index is 0.0627. The third-order valence-electron chi connectivity index (χ3n) is 5.42. The summed E-state index contributed by atoms with van der Waals surface area (Å²) in [6.45, 7) is 5.65. The predicted octanol–water partition coefficient (Wildman–Crippen LogP) is 3.06. The molecule has 1 unspecified atom stereocenters. The van der Waals surface area contributed by atoms with Gasteiger partial charge in [0, 0.05) is 25.6 Å². The first-order valence-electron chi connectivity index (χ1n) is 9.16. The van der Waals surface area contributed by atoms with Crippen molar-refractivity contribution in [3.8, 4) is 0 Å².